The number of sulfonamides is 1. The van der Waals surface area contributed by atoms with E-state index < -0.39 is 16.1 Å². The molecule has 1 heterocycles. The third-order valence-electron chi connectivity index (χ3n) is 3.86. The summed E-state index contributed by atoms with van der Waals surface area (Å²) in [5.41, 5.74) is 0. The molecule has 1 aromatic rings. The minimum Gasteiger partial charge on any atom is -0.389 e. The highest BCUT2D eigenvalue weighted by Crippen LogP contribution is 2.21. The summed E-state index contributed by atoms with van der Waals surface area (Å²) in [5, 5.41) is 9.98. The first-order valence-electron chi connectivity index (χ1n) is 8.07. The molecule has 1 fully saturated rings. The molecule has 24 heavy (non-hydrogen) atoms. The van der Waals surface area contributed by atoms with E-state index in [2.05, 4.69) is 20.8 Å². The molecule has 1 unspecified atom stereocenters. The van der Waals surface area contributed by atoms with Crippen LogP contribution in [0.1, 0.15) is 13.8 Å². The smallest absolute Gasteiger partial charge is 0.243 e. The minimum absolute atomic E-state index is 0.0897. The molecule has 0 saturated carbocycles. The number of aliphatic hydroxyl groups excluding tert-OH is 1. The van der Waals surface area contributed by atoms with E-state index in [-0.39, 0.29) is 6.10 Å². The number of benzene rings is 1. The highest BCUT2D eigenvalue weighted by molar-refractivity contribution is 9.10. The summed E-state index contributed by atoms with van der Waals surface area (Å²) in [6.07, 6.45) is -0.465. The van der Waals surface area contributed by atoms with Crippen molar-refractivity contribution in [3.63, 3.8) is 0 Å². The normalized spacial score (nSPS) is 18.9. The molecule has 1 N–H and O–H groups in total. The molecule has 0 radical (unpaired) electrons. The first kappa shape index (κ1) is 19.8. The second-order valence-electron chi connectivity index (χ2n) is 6.20. The van der Waals surface area contributed by atoms with Gasteiger partial charge in [-0.05, 0) is 32.0 Å². The number of aliphatic hydroxyl groups is 1. The zero-order chi connectivity index (χ0) is 17.7. The zero-order valence-electron chi connectivity index (χ0n) is 14.1. The van der Waals surface area contributed by atoms with Gasteiger partial charge in [-0.3, -0.25) is 4.90 Å². The van der Waals surface area contributed by atoms with E-state index in [0.29, 0.717) is 44.2 Å². The van der Waals surface area contributed by atoms with Gasteiger partial charge in [0, 0.05) is 37.2 Å². The van der Waals surface area contributed by atoms with Crippen LogP contribution in [0.25, 0.3) is 0 Å². The molecule has 1 aliphatic rings. The Hall–Kier alpha value is -0.510. The van der Waals surface area contributed by atoms with Crippen molar-refractivity contribution in [3.8, 4) is 0 Å². The maximum Gasteiger partial charge on any atom is 0.243 e. The van der Waals surface area contributed by atoms with Gasteiger partial charge in [0.15, 0.2) is 0 Å². The van der Waals surface area contributed by atoms with Crippen LogP contribution in [0.5, 0.6) is 0 Å². The van der Waals surface area contributed by atoms with Crippen LogP contribution in [-0.4, -0.2) is 74.3 Å². The third kappa shape index (κ3) is 5.50. The van der Waals surface area contributed by atoms with Gasteiger partial charge in [-0.1, -0.05) is 22.0 Å². The van der Waals surface area contributed by atoms with Gasteiger partial charge >= 0.3 is 0 Å². The van der Waals surface area contributed by atoms with Crippen LogP contribution in [-0.2, 0) is 14.8 Å². The molecule has 1 atom stereocenters. The lowest BCUT2D eigenvalue weighted by Crippen LogP contribution is -2.50. The molecular formula is C16H25BrN2O4S. The topological polar surface area (TPSA) is 70.1 Å². The number of hydrogen-bond donors (Lipinski definition) is 1. The molecule has 1 aromatic carbocycles. The van der Waals surface area contributed by atoms with Crippen LogP contribution < -0.4 is 0 Å². The predicted molar refractivity (Wildman–Crippen MR) is 96.4 cm³/mol. The second kappa shape index (κ2) is 8.73. The monoisotopic (exact) mass is 420 g/mol. The van der Waals surface area contributed by atoms with E-state index >= 15 is 0 Å². The number of piperazine rings is 1. The fourth-order valence-corrected chi connectivity index (χ4v) is 4.60. The van der Waals surface area contributed by atoms with E-state index in [4.69, 9.17) is 4.74 Å². The first-order valence-corrected chi connectivity index (χ1v) is 10.3. The summed E-state index contributed by atoms with van der Waals surface area (Å²) in [6, 6.07) is 6.75. The van der Waals surface area contributed by atoms with Crippen LogP contribution >= 0.6 is 15.9 Å². The van der Waals surface area contributed by atoms with Gasteiger partial charge in [-0.2, -0.15) is 4.31 Å². The number of β-amino-alcohol motifs (C(OH)–C–C–N with tert-alkyl or cyclic N) is 1. The Morgan fingerprint density at radius 2 is 1.92 bits per heavy atom. The van der Waals surface area contributed by atoms with Gasteiger partial charge in [-0.25, -0.2) is 8.42 Å². The molecule has 1 aliphatic heterocycles. The minimum atomic E-state index is -3.47. The highest BCUT2D eigenvalue weighted by Gasteiger charge is 2.29. The van der Waals surface area contributed by atoms with Gasteiger partial charge in [0.25, 0.3) is 0 Å². The largest absolute Gasteiger partial charge is 0.389 e. The van der Waals surface area contributed by atoms with Crippen molar-refractivity contribution in [2.75, 3.05) is 39.3 Å². The molecule has 136 valence electrons. The molecule has 0 aromatic heterocycles. The standard InChI is InChI=1S/C16H25BrN2O4S/c1-13(2)23-12-15(20)11-18-6-8-19(9-7-18)24(21,22)16-5-3-4-14(17)10-16/h3-5,10,13,15,20H,6-9,11-12H2,1-2H3. The summed E-state index contributed by atoms with van der Waals surface area (Å²) in [4.78, 5) is 2.37. The molecule has 2 rings (SSSR count). The van der Waals surface area contributed by atoms with Crippen molar-refractivity contribution >= 4 is 26.0 Å². The summed E-state index contributed by atoms with van der Waals surface area (Å²) >= 11 is 3.31. The van der Waals surface area contributed by atoms with Gasteiger partial charge < -0.3 is 9.84 Å². The lowest BCUT2D eigenvalue weighted by atomic mass is 10.3. The summed E-state index contributed by atoms with van der Waals surface area (Å²) in [7, 11) is -3.47. The number of hydrogen-bond acceptors (Lipinski definition) is 5. The van der Waals surface area contributed by atoms with Gasteiger partial charge in [0.1, 0.15) is 0 Å². The Balaban J connectivity index is 1.88. The van der Waals surface area contributed by atoms with E-state index in [0.717, 1.165) is 4.47 Å². The fraction of sp³-hybridized carbons (Fsp3) is 0.625. The van der Waals surface area contributed by atoms with Crippen molar-refractivity contribution in [1.82, 2.24) is 9.21 Å². The highest BCUT2D eigenvalue weighted by atomic mass is 79.9. The molecule has 0 bridgehead atoms. The molecule has 0 aliphatic carbocycles. The van der Waals surface area contributed by atoms with E-state index in [1.807, 2.05) is 13.8 Å². The molecular weight excluding hydrogens is 396 g/mol. The van der Waals surface area contributed by atoms with Gasteiger partial charge in [0.05, 0.1) is 23.7 Å². The van der Waals surface area contributed by atoms with Crippen molar-refractivity contribution in [2.45, 2.75) is 31.0 Å². The summed E-state index contributed by atoms with van der Waals surface area (Å²) in [6.45, 7) is 6.71. The fourth-order valence-electron chi connectivity index (χ4n) is 2.58. The average molecular weight is 421 g/mol. The lowest BCUT2D eigenvalue weighted by molar-refractivity contribution is -0.0117. The SMILES string of the molecule is CC(C)OCC(O)CN1CCN(S(=O)(=O)c2cccc(Br)c2)CC1. The van der Waals surface area contributed by atoms with Crippen molar-refractivity contribution in [3.05, 3.63) is 28.7 Å². The second-order valence-corrected chi connectivity index (χ2v) is 9.05. The van der Waals surface area contributed by atoms with Crippen molar-refractivity contribution in [1.29, 1.82) is 0 Å². The Kier molecular flexibility index (Phi) is 7.21. The van der Waals surface area contributed by atoms with Gasteiger partial charge in [-0.15, -0.1) is 0 Å². The molecule has 8 heteroatoms. The lowest BCUT2D eigenvalue weighted by Gasteiger charge is -2.35. The molecule has 0 amide bonds. The van der Waals surface area contributed by atoms with E-state index in [9.17, 15) is 13.5 Å². The first-order chi connectivity index (χ1) is 11.3. The van der Waals surface area contributed by atoms with Crippen molar-refractivity contribution < 1.29 is 18.3 Å². The average Bonchev–Trinajstić information content (AvgIpc) is 2.53. The Labute approximate surface area is 152 Å². The summed E-state index contributed by atoms with van der Waals surface area (Å²) < 4.78 is 33.0. The van der Waals surface area contributed by atoms with Crippen LogP contribution in [0.4, 0.5) is 0 Å². The van der Waals surface area contributed by atoms with Crippen LogP contribution in [0.15, 0.2) is 33.6 Å². The predicted octanol–water partition coefficient (Wildman–Crippen LogP) is 1.54. The molecule has 0 spiro atoms. The Bertz CT molecular complexity index is 631. The molecule has 1 saturated heterocycles. The van der Waals surface area contributed by atoms with Gasteiger partial charge in [0.2, 0.25) is 10.0 Å². The Morgan fingerprint density at radius 3 is 2.50 bits per heavy atom. The quantitative estimate of drug-likeness (QED) is 0.724. The zero-order valence-corrected chi connectivity index (χ0v) is 16.5. The third-order valence-corrected chi connectivity index (χ3v) is 6.24. The van der Waals surface area contributed by atoms with Crippen molar-refractivity contribution in [2.24, 2.45) is 0 Å². The Morgan fingerprint density at radius 1 is 1.25 bits per heavy atom. The number of halogens is 1. The maximum atomic E-state index is 12.7. The number of ether oxygens (including phenoxy) is 1. The maximum absolute atomic E-state index is 12.7. The van der Waals surface area contributed by atoms with Crippen LogP contribution in [0.2, 0.25) is 0 Å². The van der Waals surface area contributed by atoms with E-state index in [1.165, 1.54) is 4.31 Å². The number of rotatable bonds is 7. The van der Waals surface area contributed by atoms with E-state index in [1.54, 1.807) is 24.3 Å². The number of nitrogens with zero attached hydrogens (tertiary/aromatic N) is 2. The molecule has 6 nitrogen and oxygen atoms in total. The van der Waals surface area contributed by atoms with Crippen LogP contribution in [0.3, 0.4) is 0 Å². The van der Waals surface area contributed by atoms with Crippen LogP contribution in [0, 0.1) is 0 Å². The summed E-state index contributed by atoms with van der Waals surface area (Å²) in [5.74, 6) is 0.